The number of hydrogen-bond acceptors (Lipinski definition) is 3. The third-order valence-electron chi connectivity index (χ3n) is 3.89. The zero-order chi connectivity index (χ0) is 14.4. The fraction of sp³-hybridized carbons (Fsp3) is 0.562. The highest BCUT2D eigenvalue weighted by atomic mass is 16.2. The van der Waals surface area contributed by atoms with E-state index in [1.807, 2.05) is 49.3 Å². The summed E-state index contributed by atoms with van der Waals surface area (Å²) in [4.78, 5) is 14.4. The molecule has 1 fully saturated rings. The molecule has 0 aliphatic carbocycles. The van der Waals surface area contributed by atoms with E-state index in [4.69, 9.17) is 0 Å². The van der Waals surface area contributed by atoms with Crippen LogP contribution in [0.2, 0.25) is 0 Å². The van der Waals surface area contributed by atoms with E-state index in [0.29, 0.717) is 5.92 Å². The van der Waals surface area contributed by atoms with Gasteiger partial charge in [-0.2, -0.15) is 0 Å². The molecule has 2 atom stereocenters. The summed E-state index contributed by atoms with van der Waals surface area (Å²) >= 11 is 0. The Kier molecular flexibility index (Phi) is 5.56. The number of nitrogens with zero attached hydrogens (tertiary/aromatic N) is 1. The molecule has 0 aromatic heterocycles. The Morgan fingerprint density at radius 1 is 1.40 bits per heavy atom. The van der Waals surface area contributed by atoms with Crippen LogP contribution in [0, 0.1) is 5.92 Å². The van der Waals surface area contributed by atoms with E-state index in [0.717, 1.165) is 31.6 Å². The van der Waals surface area contributed by atoms with Gasteiger partial charge in [0, 0.05) is 6.54 Å². The monoisotopic (exact) mass is 275 g/mol. The summed E-state index contributed by atoms with van der Waals surface area (Å²) in [6.07, 6.45) is 2.29. The van der Waals surface area contributed by atoms with Crippen LogP contribution in [0.4, 0.5) is 0 Å². The van der Waals surface area contributed by atoms with E-state index in [2.05, 4.69) is 10.6 Å². The van der Waals surface area contributed by atoms with Crippen LogP contribution in [0.1, 0.15) is 24.4 Å². The van der Waals surface area contributed by atoms with Crippen molar-refractivity contribution in [2.45, 2.75) is 18.9 Å². The second-order valence-corrected chi connectivity index (χ2v) is 5.72. The fourth-order valence-corrected chi connectivity index (χ4v) is 2.78. The van der Waals surface area contributed by atoms with Crippen LogP contribution in [-0.4, -0.2) is 44.5 Å². The molecule has 4 heteroatoms. The predicted molar refractivity (Wildman–Crippen MR) is 81.5 cm³/mol. The first-order chi connectivity index (χ1) is 9.68. The molecule has 0 bridgehead atoms. The molecule has 1 aliphatic rings. The zero-order valence-electron chi connectivity index (χ0n) is 12.4. The van der Waals surface area contributed by atoms with Gasteiger partial charge in [-0.25, -0.2) is 0 Å². The fourth-order valence-electron chi connectivity index (χ4n) is 2.78. The average Bonchev–Trinajstić information content (AvgIpc) is 2.93. The second kappa shape index (κ2) is 7.41. The molecule has 0 radical (unpaired) electrons. The lowest BCUT2D eigenvalue weighted by atomic mass is 10.0. The highest BCUT2D eigenvalue weighted by Gasteiger charge is 2.22. The van der Waals surface area contributed by atoms with Crippen molar-refractivity contribution in [3.05, 3.63) is 35.9 Å². The van der Waals surface area contributed by atoms with Crippen LogP contribution in [0.25, 0.3) is 0 Å². The molecule has 1 aromatic rings. The smallest absolute Gasteiger partial charge is 0.241 e. The summed E-state index contributed by atoms with van der Waals surface area (Å²) in [6.45, 7) is 2.97. The SMILES string of the molecule is CN(C)C(C(=O)NCCC1CCNC1)c1ccccc1. The zero-order valence-corrected chi connectivity index (χ0v) is 12.4. The summed E-state index contributed by atoms with van der Waals surface area (Å²) < 4.78 is 0. The number of carbonyl (C=O) groups excluding carboxylic acids is 1. The van der Waals surface area contributed by atoms with Gasteiger partial charge in [-0.1, -0.05) is 30.3 Å². The van der Waals surface area contributed by atoms with Gasteiger partial charge in [-0.05, 0) is 51.5 Å². The first-order valence-electron chi connectivity index (χ1n) is 7.38. The standard InChI is InChI=1S/C16H25N3O/c1-19(2)15(14-6-4-3-5-7-14)16(20)18-11-9-13-8-10-17-12-13/h3-7,13,15,17H,8-12H2,1-2H3,(H,18,20). The topological polar surface area (TPSA) is 44.4 Å². The number of nitrogens with one attached hydrogen (secondary N) is 2. The van der Waals surface area contributed by atoms with E-state index in [1.165, 1.54) is 6.42 Å². The summed E-state index contributed by atoms with van der Waals surface area (Å²) in [5.74, 6) is 0.803. The number of likely N-dealkylation sites (N-methyl/N-ethyl adjacent to an activating group) is 1. The number of carbonyl (C=O) groups is 1. The van der Waals surface area contributed by atoms with Crippen molar-refractivity contribution in [3.63, 3.8) is 0 Å². The van der Waals surface area contributed by atoms with Crippen LogP contribution < -0.4 is 10.6 Å². The van der Waals surface area contributed by atoms with Crippen molar-refractivity contribution < 1.29 is 4.79 Å². The molecule has 0 spiro atoms. The van der Waals surface area contributed by atoms with Crippen LogP contribution in [0.15, 0.2) is 30.3 Å². The molecular formula is C16H25N3O. The molecule has 0 saturated carbocycles. The number of amides is 1. The van der Waals surface area contributed by atoms with Gasteiger partial charge in [-0.15, -0.1) is 0 Å². The quantitative estimate of drug-likeness (QED) is 0.825. The highest BCUT2D eigenvalue weighted by Crippen LogP contribution is 2.18. The maximum Gasteiger partial charge on any atom is 0.241 e. The van der Waals surface area contributed by atoms with Crippen molar-refractivity contribution in [1.29, 1.82) is 0 Å². The molecule has 1 aromatic carbocycles. The molecule has 2 rings (SSSR count). The van der Waals surface area contributed by atoms with Crippen LogP contribution >= 0.6 is 0 Å². The minimum absolute atomic E-state index is 0.0900. The molecule has 2 N–H and O–H groups in total. The average molecular weight is 275 g/mol. The van der Waals surface area contributed by atoms with Gasteiger partial charge in [0.1, 0.15) is 6.04 Å². The Hall–Kier alpha value is -1.39. The van der Waals surface area contributed by atoms with Gasteiger partial charge in [-0.3, -0.25) is 9.69 Å². The van der Waals surface area contributed by atoms with E-state index < -0.39 is 0 Å². The largest absolute Gasteiger partial charge is 0.354 e. The van der Waals surface area contributed by atoms with Crippen molar-refractivity contribution in [2.75, 3.05) is 33.7 Å². The highest BCUT2D eigenvalue weighted by molar-refractivity contribution is 5.83. The van der Waals surface area contributed by atoms with Crippen molar-refractivity contribution in [2.24, 2.45) is 5.92 Å². The Bertz CT molecular complexity index is 413. The van der Waals surface area contributed by atoms with E-state index >= 15 is 0 Å². The maximum atomic E-state index is 12.4. The Balaban J connectivity index is 1.87. The van der Waals surface area contributed by atoms with Gasteiger partial charge >= 0.3 is 0 Å². The van der Waals surface area contributed by atoms with Crippen molar-refractivity contribution in [3.8, 4) is 0 Å². The predicted octanol–water partition coefficient (Wildman–Crippen LogP) is 1.41. The number of benzene rings is 1. The molecule has 2 unspecified atom stereocenters. The molecule has 4 nitrogen and oxygen atoms in total. The number of rotatable bonds is 6. The summed E-state index contributed by atoms with van der Waals surface area (Å²) in [5, 5.41) is 6.44. The molecule has 1 aliphatic heterocycles. The van der Waals surface area contributed by atoms with Crippen LogP contribution in [0.3, 0.4) is 0 Å². The minimum Gasteiger partial charge on any atom is -0.354 e. The van der Waals surface area contributed by atoms with Gasteiger partial charge in [0.25, 0.3) is 0 Å². The Morgan fingerprint density at radius 3 is 2.75 bits per heavy atom. The normalized spacial score (nSPS) is 20.1. The number of hydrogen-bond donors (Lipinski definition) is 2. The van der Waals surface area contributed by atoms with E-state index in [1.54, 1.807) is 0 Å². The maximum absolute atomic E-state index is 12.4. The summed E-state index contributed by atoms with van der Waals surface area (Å²) in [6, 6.07) is 9.72. The van der Waals surface area contributed by atoms with Crippen molar-refractivity contribution >= 4 is 5.91 Å². The summed E-state index contributed by atoms with van der Waals surface area (Å²) in [5.41, 5.74) is 1.04. The Morgan fingerprint density at radius 2 is 2.15 bits per heavy atom. The van der Waals surface area contributed by atoms with E-state index in [-0.39, 0.29) is 11.9 Å². The van der Waals surface area contributed by atoms with E-state index in [9.17, 15) is 4.79 Å². The second-order valence-electron chi connectivity index (χ2n) is 5.72. The van der Waals surface area contributed by atoms with Gasteiger partial charge in [0.15, 0.2) is 0 Å². The van der Waals surface area contributed by atoms with Gasteiger partial charge in [0.05, 0.1) is 0 Å². The first kappa shape index (κ1) is 15.0. The molecule has 1 heterocycles. The van der Waals surface area contributed by atoms with Gasteiger partial charge < -0.3 is 10.6 Å². The lowest BCUT2D eigenvalue weighted by Gasteiger charge is -2.24. The third-order valence-corrected chi connectivity index (χ3v) is 3.89. The lowest BCUT2D eigenvalue weighted by Crippen LogP contribution is -2.37. The molecule has 110 valence electrons. The lowest BCUT2D eigenvalue weighted by molar-refractivity contribution is -0.125. The Labute approximate surface area is 121 Å². The molecule has 1 saturated heterocycles. The van der Waals surface area contributed by atoms with Crippen LogP contribution in [-0.2, 0) is 4.79 Å². The molecule has 1 amide bonds. The first-order valence-corrected chi connectivity index (χ1v) is 7.38. The minimum atomic E-state index is -0.210. The van der Waals surface area contributed by atoms with Crippen LogP contribution in [0.5, 0.6) is 0 Å². The molecular weight excluding hydrogens is 250 g/mol. The van der Waals surface area contributed by atoms with Gasteiger partial charge in [0.2, 0.25) is 5.91 Å². The van der Waals surface area contributed by atoms with Crippen molar-refractivity contribution in [1.82, 2.24) is 15.5 Å². The molecule has 20 heavy (non-hydrogen) atoms. The summed E-state index contributed by atoms with van der Waals surface area (Å²) in [7, 11) is 3.89. The third kappa shape index (κ3) is 4.05.